The van der Waals surface area contributed by atoms with E-state index in [1.807, 2.05) is 98.7 Å². The minimum absolute atomic E-state index is 0.347. The number of rotatable bonds is 4. The highest BCUT2D eigenvalue weighted by Crippen LogP contribution is 2.28. The molecule has 2 N–H and O–H groups in total. The molecule has 2 heterocycles. The van der Waals surface area contributed by atoms with E-state index in [0.29, 0.717) is 33.4 Å². The first-order valence-electron chi connectivity index (χ1n) is 14.0. The Bertz CT molecular complexity index is 1680. The van der Waals surface area contributed by atoms with Crippen molar-refractivity contribution in [3.05, 3.63) is 130 Å². The molecule has 0 aromatic heterocycles. The predicted octanol–water partition coefficient (Wildman–Crippen LogP) is 5.13. The van der Waals surface area contributed by atoms with Crippen molar-refractivity contribution in [2.24, 2.45) is 0 Å². The zero-order valence-corrected chi connectivity index (χ0v) is 24.9. The first-order valence-corrected chi connectivity index (χ1v) is 14.0. The molecule has 0 radical (unpaired) electrons. The topological polar surface area (TPSA) is 98.8 Å². The minimum atomic E-state index is -0.361. The van der Waals surface area contributed by atoms with Gasteiger partial charge in [0, 0.05) is 61.8 Å². The summed E-state index contributed by atoms with van der Waals surface area (Å²) in [5.74, 6) is -1.41. The van der Waals surface area contributed by atoms with Gasteiger partial charge in [0.1, 0.15) is 0 Å². The van der Waals surface area contributed by atoms with E-state index in [4.69, 9.17) is 0 Å². The van der Waals surface area contributed by atoms with Crippen molar-refractivity contribution in [3.63, 3.8) is 0 Å². The molecule has 4 aromatic rings. The Labute approximate surface area is 256 Å². The summed E-state index contributed by atoms with van der Waals surface area (Å²) in [4.78, 5) is 52.0. The fourth-order valence-electron chi connectivity index (χ4n) is 4.91. The Kier molecular flexibility index (Phi) is 8.53. The maximum atomic E-state index is 12.1. The number of fused-ring (bicyclic) bond motifs is 2. The first kappa shape index (κ1) is 29.7. The monoisotopic (exact) mass is 584 g/mol. The molecule has 4 aromatic carbocycles. The summed E-state index contributed by atoms with van der Waals surface area (Å²) < 4.78 is 0. The third-order valence-corrected chi connectivity index (χ3v) is 7.31. The van der Waals surface area contributed by atoms with E-state index in [1.165, 1.54) is 0 Å². The summed E-state index contributed by atoms with van der Waals surface area (Å²) in [5.41, 5.74) is 7.43. The molecule has 44 heavy (non-hydrogen) atoms. The van der Waals surface area contributed by atoms with Crippen molar-refractivity contribution >= 4 is 58.3 Å². The van der Waals surface area contributed by atoms with E-state index in [-0.39, 0.29) is 23.6 Å². The number of carbonyl (C=O) groups is 4. The number of nitrogens with one attached hydrogen (secondary N) is 2. The lowest BCUT2D eigenvalue weighted by molar-refractivity contribution is -0.115. The van der Waals surface area contributed by atoms with Crippen LogP contribution in [0.3, 0.4) is 0 Å². The van der Waals surface area contributed by atoms with Crippen molar-refractivity contribution in [1.29, 1.82) is 0 Å². The number of amides is 4. The van der Waals surface area contributed by atoms with Crippen LogP contribution in [0.2, 0.25) is 0 Å². The number of hydrogen-bond acceptors (Lipinski definition) is 6. The quantitative estimate of drug-likeness (QED) is 0.255. The number of hydrogen-bond donors (Lipinski definition) is 2. The van der Waals surface area contributed by atoms with Gasteiger partial charge < -0.3 is 9.80 Å². The fourth-order valence-corrected chi connectivity index (χ4v) is 4.91. The average Bonchev–Trinajstić information content (AvgIpc) is 3.02. The Morgan fingerprint density at radius 2 is 0.750 bits per heavy atom. The van der Waals surface area contributed by atoms with Crippen molar-refractivity contribution < 1.29 is 19.2 Å². The summed E-state index contributed by atoms with van der Waals surface area (Å²) in [5, 5.41) is 4.76. The molecule has 6 rings (SSSR count). The van der Waals surface area contributed by atoms with Gasteiger partial charge in [0.25, 0.3) is 23.6 Å². The van der Waals surface area contributed by atoms with Gasteiger partial charge in [-0.3, -0.25) is 29.8 Å². The smallest absolute Gasteiger partial charge is 0.258 e. The fraction of sp³-hybridized carbons (Fsp3) is 0.111. The zero-order valence-electron chi connectivity index (χ0n) is 24.9. The number of benzene rings is 4. The lowest BCUT2D eigenvalue weighted by atomic mass is 9.93. The van der Waals surface area contributed by atoms with E-state index >= 15 is 0 Å². The maximum Gasteiger partial charge on any atom is 0.258 e. The summed E-state index contributed by atoms with van der Waals surface area (Å²) in [6.45, 7) is 0. The third-order valence-electron chi connectivity index (χ3n) is 7.31. The van der Waals surface area contributed by atoms with Gasteiger partial charge in [0.05, 0.1) is 0 Å². The molecule has 2 aliphatic rings. The maximum absolute atomic E-state index is 12.1. The van der Waals surface area contributed by atoms with Gasteiger partial charge in [-0.2, -0.15) is 0 Å². The van der Waals surface area contributed by atoms with Gasteiger partial charge in [-0.05, 0) is 70.8 Å². The van der Waals surface area contributed by atoms with Crippen LogP contribution < -0.4 is 20.4 Å². The van der Waals surface area contributed by atoms with E-state index in [2.05, 4.69) is 10.6 Å². The zero-order chi connectivity index (χ0) is 31.4. The molecule has 0 unspecified atom stereocenters. The first-order chi connectivity index (χ1) is 21.1. The van der Waals surface area contributed by atoms with Gasteiger partial charge in [0.2, 0.25) is 0 Å². The predicted molar refractivity (Wildman–Crippen MR) is 175 cm³/mol. The summed E-state index contributed by atoms with van der Waals surface area (Å²) >= 11 is 0. The molecule has 0 saturated carbocycles. The molecule has 0 saturated heterocycles. The Morgan fingerprint density at radius 1 is 0.432 bits per heavy atom. The van der Waals surface area contributed by atoms with Gasteiger partial charge in [-0.15, -0.1) is 0 Å². The second-order valence-corrected chi connectivity index (χ2v) is 10.7. The van der Waals surface area contributed by atoms with E-state index in [1.54, 1.807) is 48.6 Å². The largest absolute Gasteiger partial charge is 0.378 e. The SMILES string of the molecule is CN(C)c1ccc(/C=C2/C(=O)NC(=O)c3ccccc32)cc1.CN(C)c1ccc(/C=C2\C(=O)NC(=O)c3ccccc32)cc1. The molecule has 0 aliphatic carbocycles. The molecule has 0 bridgehead atoms. The van der Waals surface area contributed by atoms with Crippen LogP contribution in [0.25, 0.3) is 23.3 Å². The number of nitrogens with zero attached hydrogens (tertiary/aromatic N) is 2. The summed E-state index contributed by atoms with van der Waals surface area (Å²) in [6, 6.07) is 30.0. The number of imide groups is 2. The third kappa shape index (κ3) is 6.34. The molecule has 0 fully saturated rings. The van der Waals surface area contributed by atoms with E-state index in [0.717, 1.165) is 22.5 Å². The van der Waals surface area contributed by atoms with E-state index < -0.39 is 0 Å². The molecular formula is C36H32N4O4. The van der Waals surface area contributed by atoms with Crippen LogP contribution in [0.4, 0.5) is 11.4 Å². The average molecular weight is 585 g/mol. The second kappa shape index (κ2) is 12.6. The summed E-state index contributed by atoms with van der Waals surface area (Å²) in [6.07, 6.45) is 3.61. The molecule has 0 atom stereocenters. The second-order valence-electron chi connectivity index (χ2n) is 10.7. The Balaban J connectivity index is 0.000000175. The van der Waals surface area contributed by atoms with Gasteiger partial charge in [-0.1, -0.05) is 60.7 Å². The van der Waals surface area contributed by atoms with E-state index in [9.17, 15) is 19.2 Å². The van der Waals surface area contributed by atoms with Crippen molar-refractivity contribution in [3.8, 4) is 0 Å². The Morgan fingerprint density at radius 3 is 1.07 bits per heavy atom. The van der Waals surface area contributed by atoms with Crippen LogP contribution in [0.5, 0.6) is 0 Å². The standard InChI is InChI=1S/2C18H16N2O2/c2*1-20(2)13-9-7-12(8-10-13)11-16-14-5-3-4-6-15(14)17(21)19-18(16)22/h2*3-11H,1-2H3,(H,19,21,22)/b16-11+;16-11-. The highest BCUT2D eigenvalue weighted by atomic mass is 16.2. The van der Waals surface area contributed by atoms with Crippen LogP contribution >= 0.6 is 0 Å². The molecule has 4 amide bonds. The minimum Gasteiger partial charge on any atom is -0.378 e. The van der Waals surface area contributed by atoms with Gasteiger partial charge >= 0.3 is 0 Å². The van der Waals surface area contributed by atoms with Crippen LogP contribution in [0.15, 0.2) is 97.1 Å². The highest BCUT2D eigenvalue weighted by Gasteiger charge is 2.27. The molecular weight excluding hydrogens is 552 g/mol. The van der Waals surface area contributed by atoms with Crippen LogP contribution in [0, 0.1) is 0 Å². The number of anilines is 2. The molecule has 0 spiro atoms. The molecule has 220 valence electrons. The van der Waals surface area contributed by atoms with Crippen LogP contribution in [-0.4, -0.2) is 51.8 Å². The Hall–Kier alpha value is -5.76. The molecule has 2 aliphatic heterocycles. The van der Waals surface area contributed by atoms with Crippen molar-refractivity contribution in [1.82, 2.24) is 10.6 Å². The lowest BCUT2D eigenvalue weighted by Gasteiger charge is -2.18. The molecule has 8 heteroatoms. The summed E-state index contributed by atoms with van der Waals surface area (Å²) in [7, 11) is 7.90. The van der Waals surface area contributed by atoms with Crippen LogP contribution in [-0.2, 0) is 9.59 Å². The van der Waals surface area contributed by atoms with Crippen molar-refractivity contribution in [2.45, 2.75) is 0 Å². The number of carbonyl (C=O) groups excluding carboxylic acids is 4. The molecule has 8 nitrogen and oxygen atoms in total. The normalized spacial score (nSPS) is 15.5. The van der Waals surface area contributed by atoms with Crippen molar-refractivity contribution in [2.75, 3.05) is 38.0 Å². The van der Waals surface area contributed by atoms with Gasteiger partial charge in [-0.25, -0.2) is 0 Å². The highest BCUT2D eigenvalue weighted by molar-refractivity contribution is 6.34. The van der Waals surface area contributed by atoms with Gasteiger partial charge in [0.15, 0.2) is 0 Å². The lowest BCUT2D eigenvalue weighted by Crippen LogP contribution is -2.36. The van der Waals surface area contributed by atoms with Crippen LogP contribution in [0.1, 0.15) is 43.0 Å².